The van der Waals surface area contributed by atoms with E-state index in [1.807, 2.05) is 26.0 Å². The maximum absolute atomic E-state index is 13.6. The number of hydrogen-bond donors (Lipinski definition) is 2. The second-order valence-electron chi connectivity index (χ2n) is 9.18. The minimum atomic E-state index is -0.218. The molecule has 5 aromatic rings. The van der Waals surface area contributed by atoms with Crippen LogP contribution in [-0.4, -0.2) is 51.3 Å². The van der Waals surface area contributed by atoms with E-state index in [1.165, 1.54) is 4.80 Å². The van der Waals surface area contributed by atoms with Crippen LogP contribution in [0.25, 0.3) is 33.3 Å². The quantitative estimate of drug-likeness (QED) is 0.349. The first-order chi connectivity index (χ1) is 17.4. The van der Waals surface area contributed by atoms with Crippen molar-refractivity contribution >= 4 is 39.1 Å². The van der Waals surface area contributed by atoms with E-state index in [1.54, 1.807) is 28.6 Å². The van der Waals surface area contributed by atoms with E-state index in [2.05, 4.69) is 36.9 Å². The van der Waals surface area contributed by atoms with Crippen LogP contribution in [0, 0.1) is 6.92 Å². The molecule has 0 spiro atoms. The number of aryl methyl sites for hydroxylation is 3. The van der Waals surface area contributed by atoms with Gasteiger partial charge in [0.2, 0.25) is 5.82 Å². The van der Waals surface area contributed by atoms with Gasteiger partial charge in [-0.05, 0) is 54.8 Å². The number of benzene rings is 1. The van der Waals surface area contributed by atoms with Gasteiger partial charge >= 0.3 is 0 Å². The Morgan fingerprint density at radius 2 is 2.11 bits per heavy atom. The number of tetrazole rings is 1. The van der Waals surface area contributed by atoms with Gasteiger partial charge in [-0.25, -0.2) is 9.67 Å². The van der Waals surface area contributed by atoms with Gasteiger partial charge in [0.25, 0.3) is 5.56 Å². The summed E-state index contributed by atoms with van der Waals surface area (Å²) in [7, 11) is 1.68. The molecule has 0 amide bonds. The summed E-state index contributed by atoms with van der Waals surface area (Å²) in [5.74, 6) is 0.354. The Labute approximate surface area is 210 Å². The summed E-state index contributed by atoms with van der Waals surface area (Å²) in [6.45, 7) is 4.54. The van der Waals surface area contributed by atoms with E-state index >= 15 is 0 Å². The average Bonchev–Trinajstić information content (AvgIpc) is 3.50. The molecule has 4 aromatic heterocycles. The van der Waals surface area contributed by atoms with E-state index in [4.69, 9.17) is 11.6 Å². The summed E-state index contributed by atoms with van der Waals surface area (Å²) >= 11 is 6.18. The number of halogens is 1. The summed E-state index contributed by atoms with van der Waals surface area (Å²) in [5.41, 5.74) is 3.80. The number of fused-ring (bicyclic) bond motifs is 2. The Morgan fingerprint density at radius 1 is 1.28 bits per heavy atom. The molecule has 12 heteroatoms. The standard InChI is InChI=1S/C24H24ClN9O2/c1-12-8-15(13(2)27-18-4-5-19(25)28-21(18)22-29-31-32(3)30-22)20-16(9-12)24(36)33-7-6-14(11-35)34-23(33)17(20)10-26-34/h4-5,8-10,13-14,27,35H,6-7,11H2,1-3H3. The van der Waals surface area contributed by atoms with Gasteiger partial charge < -0.3 is 10.4 Å². The fourth-order valence-electron chi connectivity index (χ4n) is 5.12. The van der Waals surface area contributed by atoms with Gasteiger partial charge in [-0.2, -0.15) is 9.90 Å². The van der Waals surface area contributed by atoms with E-state index in [0.717, 1.165) is 27.5 Å². The second-order valence-corrected chi connectivity index (χ2v) is 9.57. The van der Waals surface area contributed by atoms with Crippen LogP contribution in [0.5, 0.6) is 0 Å². The molecule has 1 aliphatic rings. The van der Waals surface area contributed by atoms with Crippen molar-refractivity contribution in [2.24, 2.45) is 7.05 Å². The smallest absolute Gasteiger partial charge is 0.260 e. The number of anilines is 1. The summed E-state index contributed by atoms with van der Waals surface area (Å²) in [6.07, 6.45) is 2.46. The highest BCUT2D eigenvalue weighted by atomic mass is 35.5. The largest absolute Gasteiger partial charge is 0.394 e. The topological polar surface area (TPSA) is 129 Å². The van der Waals surface area contributed by atoms with Crippen LogP contribution in [0.1, 0.15) is 36.6 Å². The maximum atomic E-state index is 13.6. The third-order valence-electron chi connectivity index (χ3n) is 6.75. The van der Waals surface area contributed by atoms with Gasteiger partial charge in [-0.3, -0.25) is 9.36 Å². The first kappa shape index (κ1) is 22.6. The van der Waals surface area contributed by atoms with Crippen LogP contribution >= 0.6 is 11.6 Å². The monoisotopic (exact) mass is 505 g/mol. The summed E-state index contributed by atoms with van der Waals surface area (Å²) < 4.78 is 3.56. The van der Waals surface area contributed by atoms with E-state index in [0.29, 0.717) is 40.7 Å². The highest BCUT2D eigenvalue weighted by molar-refractivity contribution is 6.29. The fraction of sp³-hybridized carbons (Fsp3) is 0.333. The molecule has 1 aliphatic heterocycles. The van der Waals surface area contributed by atoms with Crippen LogP contribution in [0.4, 0.5) is 5.69 Å². The lowest BCUT2D eigenvalue weighted by Crippen LogP contribution is -2.31. The zero-order valence-corrected chi connectivity index (χ0v) is 20.7. The van der Waals surface area contributed by atoms with Crippen molar-refractivity contribution in [1.82, 2.24) is 39.5 Å². The Hall–Kier alpha value is -3.83. The molecule has 2 atom stereocenters. The van der Waals surface area contributed by atoms with Crippen molar-refractivity contribution in [3.8, 4) is 11.5 Å². The predicted molar refractivity (Wildman–Crippen MR) is 136 cm³/mol. The molecule has 36 heavy (non-hydrogen) atoms. The number of rotatable bonds is 5. The SMILES string of the molecule is Cc1cc(C(C)Nc2ccc(Cl)nc2-c2nnn(C)n2)c2c(c1)c(=O)n1c3c2cnn3C(CO)CC1. The molecule has 0 radical (unpaired) electrons. The molecular formula is C24H24ClN9O2. The molecule has 0 saturated heterocycles. The molecule has 0 saturated carbocycles. The van der Waals surface area contributed by atoms with E-state index in [-0.39, 0.29) is 24.2 Å². The predicted octanol–water partition coefficient (Wildman–Crippen LogP) is 3.01. The molecular weight excluding hydrogens is 482 g/mol. The zero-order valence-electron chi connectivity index (χ0n) is 20.0. The zero-order chi connectivity index (χ0) is 25.1. The first-order valence-electron chi connectivity index (χ1n) is 11.7. The molecule has 0 fully saturated rings. The molecule has 11 nitrogen and oxygen atoms in total. The van der Waals surface area contributed by atoms with Gasteiger partial charge in [0.15, 0.2) is 0 Å². The lowest BCUT2D eigenvalue weighted by Gasteiger charge is -2.25. The minimum Gasteiger partial charge on any atom is -0.394 e. The second kappa shape index (κ2) is 8.38. The lowest BCUT2D eigenvalue weighted by atomic mass is 9.95. The summed E-state index contributed by atoms with van der Waals surface area (Å²) in [5, 5.41) is 32.9. The van der Waals surface area contributed by atoms with Crippen molar-refractivity contribution in [2.75, 3.05) is 11.9 Å². The summed E-state index contributed by atoms with van der Waals surface area (Å²) in [4.78, 5) is 19.4. The highest BCUT2D eigenvalue weighted by Gasteiger charge is 2.27. The number of aliphatic hydroxyl groups is 1. The average molecular weight is 506 g/mol. The Morgan fingerprint density at radius 3 is 2.86 bits per heavy atom. The van der Waals surface area contributed by atoms with Crippen LogP contribution in [0.2, 0.25) is 5.15 Å². The third kappa shape index (κ3) is 3.46. The van der Waals surface area contributed by atoms with Gasteiger partial charge in [0, 0.05) is 28.7 Å². The molecule has 6 rings (SSSR count). The Balaban J connectivity index is 1.53. The molecule has 0 aliphatic carbocycles. The van der Waals surface area contributed by atoms with E-state index in [9.17, 15) is 9.90 Å². The van der Waals surface area contributed by atoms with Crippen LogP contribution in [-0.2, 0) is 13.6 Å². The van der Waals surface area contributed by atoms with Crippen molar-refractivity contribution < 1.29 is 5.11 Å². The number of hydrogen-bond acceptors (Lipinski definition) is 8. The summed E-state index contributed by atoms with van der Waals surface area (Å²) in [6, 6.07) is 7.19. The third-order valence-corrected chi connectivity index (χ3v) is 6.96. The molecule has 2 N–H and O–H groups in total. The number of nitrogens with zero attached hydrogens (tertiary/aromatic N) is 8. The minimum absolute atomic E-state index is 0.0233. The van der Waals surface area contributed by atoms with Gasteiger partial charge in [-0.1, -0.05) is 17.7 Å². The first-order valence-corrected chi connectivity index (χ1v) is 12.1. The van der Waals surface area contributed by atoms with Crippen molar-refractivity contribution in [2.45, 2.75) is 38.9 Å². The van der Waals surface area contributed by atoms with Crippen LogP contribution in [0.15, 0.2) is 35.3 Å². The van der Waals surface area contributed by atoms with Gasteiger partial charge in [0.1, 0.15) is 16.5 Å². The number of nitrogens with one attached hydrogen (secondary N) is 1. The molecule has 2 unspecified atom stereocenters. The van der Waals surface area contributed by atoms with Gasteiger partial charge in [0.05, 0.1) is 31.6 Å². The van der Waals surface area contributed by atoms with Crippen molar-refractivity contribution in [1.29, 1.82) is 0 Å². The fourth-order valence-corrected chi connectivity index (χ4v) is 5.27. The Kier molecular flexibility index (Phi) is 5.27. The lowest BCUT2D eigenvalue weighted by molar-refractivity contribution is 0.200. The molecule has 5 heterocycles. The van der Waals surface area contributed by atoms with Gasteiger partial charge in [-0.15, -0.1) is 10.2 Å². The normalized spacial score (nSPS) is 16.1. The van der Waals surface area contributed by atoms with E-state index < -0.39 is 0 Å². The maximum Gasteiger partial charge on any atom is 0.260 e. The Bertz CT molecular complexity index is 1700. The highest BCUT2D eigenvalue weighted by Crippen LogP contribution is 2.36. The van der Waals surface area contributed by atoms with Crippen molar-refractivity contribution in [3.63, 3.8) is 0 Å². The van der Waals surface area contributed by atoms with Crippen LogP contribution < -0.4 is 10.9 Å². The number of pyridine rings is 2. The number of aliphatic hydroxyl groups excluding tert-OH is 1. The molecule has 0 bridgehead atoms. The van der Waals surface area contributed by atoms with Crippen LogP contribution in [0.3, 0.4) is 0 Å². The van der Waals surface area contributed by atoms with Crippen molar-refractivity contribution in [3.05, 3.63) is 57.1 Å². The molecule has 1 aromatic carbocycles. The molecule has 184 valence electrons. The number of aromatic nitrogens is 8.